The van der Waals surface area contributed by atoms with Crippen molar-refractivity contribution in [3.8, 4) is 6.07 Å². The predicted octanol–water partition coefficient (Wildman–Crippen LogP) is 4.39. The second kappa shape index (κ2) is 10.6. The van der Waals surface area contributed by atoms with Crippen LogP contribution < -0.4 is 0 Å². The summed E-state index contributed by atoms with van der Waals surface area (Å²) in [5, 5.41) is 9.79. The van der Waals surface area contributed by atoms with Crippen LogP contribution in [0, 0.1) is 11.3 Å². The number of hydrogen-bond acceptors (Lipinski definition) is 4. The van der Waals surface area contributed by atoms with Gasteiger partial charge in [0.15, 0.2) is 0 Å². The largest absolute Gasteiger partial charge is 0.371 e. The van der Waals surface area contributed by atoms with E-state index in [4.69, 9.17) is 0 Å². The van der Waals surface area contributed by atoms with Crippen molar-refractivity contribution >= 4 is 5.91 Å². The number of rotatable bonds is 5. The maximum atomic E-state index is 13.3. The third-order valence-corrected chi connectivity index (χ3v) is 7.02. The van der Waals surface area contributed by atoms with Gasteiger partial charge >= 0.3 is 0 Å². The van der Waals surface area contributed by atoms with Gasteiger partial charge in [0.05, 0.1) is 6.04 Å². The number of nitriles is 1. The summed E-state index contributed by atoms with van der Waals surface area (Å²) in [4.78, 5) is 19.6. The number of hydrogen-bond donors (Lipinski definition) is 0. The molecule has 1 fully saturated rings. The number of carbonyl (C=O) groups is 1. The minimum atomic E-state index is -0.165. The quantitative estimate of drug-likeness (QED) is 0.417. The molecule has 5 rings (SSSR count). The Morgan fingerprint density at radius 3 is 1.94 bits per heavy atom. The molecule has 2 aliphatic heterocycles. The Bertz CT molecular complexity index is 1180. The highest BCUT2D eigenvalue weighted by molar-refractivity contribution is 5.97. The molecule has 0 aliphatic carbocycles. The number of fused-ring (bicyclic) bond motifs is 1. The Labute approximate surface area is 207 Å². The number of nitrogens with zero attached hydrogens (tertiary/aromatic N) is 4. The standard InChI is InChI=1S/C30H30N4O/c31-21-28(23-32-16-15-24-9-7-8-14-27(24)22-32)30(35)34-19-17-33(18-20-34)29(25-10-3-1-4-11-25)26-12-5-2-6-13-26/h1-14,23,29H,15-20,22H2/b28-23-. The van der Waals surface area contributed by atoms with Crippen LogP contribution in [0.1, 0.15) is 28.3 Å². The Morgan fingerprint density at radius 2 is 1.34 bits per heavy atom. The van der Waals surface area contributed by atoms with Gasteiger partial charge in [0.1, 0.15) is 11.6 Å². The van der Waals surface area contributed by atoms with Crippen LogP contribution in [0.4, 0.5) is 0 Å². The molecule has 0 unspecified atom stereocenters. The van der Waals surface area contributed by atoms with Crippen LogP contribution in [-0.2, 0) is 17.8 Å². The van der Waals surface area contributed by atoms with Gasteiger partial charge in [-0.25, -0.2) is 0 Å². The monoisotopic (exact) mass is 462 g/mol. The zero-order valence-corrected chi connectivity index (χ0v) is 19.9. The maximum Gasteiger partial charge on any atom is 0.266 e. The van der Waals surface area contributed by atoms with E-state index in [0.717, 1.165) is 32.6 Å². The molecule has 2 aliphatic rings. The number of carbonyl (C=O) groups excluding carboxylic acids is 1. The highest BCUT2D eigenvalue weighted by Gasteiger charge is 2.29. The van der Waals surface area contributed by atoms with Gasteiger partial charge in [-0.2, -0.15) is 5.26 Å². The summed E-state index contributed by atoms with van der Waals surface area (Å²) >= 11 is 0. The molecule has 1 amide bonds. The molecule has 2 heterocycles. The average molecular weight is 463 g/mol. The molecule has 35 heavy (non-hydrogen) atoms. The summed E-state index contributed by atoms with van der Waals surface area (Å²) < 4.78 is 0. The third-order valence-electron chi connectivity index (χ3n) is 7.02. The molecule has 176 valence electrons. The lowest BCUT2D eigenvalue weighted by Gasteiger charge is -2.39. The van der Waals surface area contributed by atoms with Gasteiger partial charge in [0, 0.05) is 45.5 Å². The first-order valence-electron chi connectivity index (χ1n) is 12.3. The van der Waals surface area contributed by atoms with Crippen LogP contribution in [-0.4, -0.2) is 53.3 Å². The maximum absolute atomic E-state index is 13.3. The van der Waals surface area contributed by atoms with E-state index in [1.807, 2.05) is 23.1 Å². The van der Waals surface area contributed by atoms with Crippen molar-refractivity contribution in [1.29, 1.82) is 5.26 Å². The topological polar surface area (TPSA) is 50.6 Å². The highest BCUT2D eigenvalue weighted by atomic mass is 16.2. The smallest absolute Gasteiger partial charge is 0.266 e. The van der Waals surface area contributed by atoms with Crippen LogP contribution in [0.25, 0.3) is 0 Å². The molecule has 1 saturated heterocycles. The number of benzene rings is 3. The normalized spacial score (nSPS) is 16.6. The fraction of sp³-hybridized carbons (Fsp3) is 0.267. The van der Waals surface area contributed by atoms with Crippen molar-refractivity contribution in [3.63, 3.8) is 0 Å². The molecule has 0 atom stereocenters. The molecular weight excluding hydrogens is 432 g/mol. The predicted molar refractivity (Wildman–Crippen MR) is 137 cm³/mol. The summed E-state index contributed by atoms with van der Waals surface area (Å²) in [6, 6.07) is 31.8. The molecule has 0 bridgehead atoms. The van der Waals surface area contributed by atoms with Crippen molar-refractivity contribution < 1.29 is 4.79 Å². The molecular formula is C30H30N4O. The summed E-state index contributed by atoms with van der Waals surface area (Å²) in [7, 11) is 0. The SMILES string of the molecule is N#C/C(=C/N1CCc2ccccc2C1)C(=O)N1CCN(C(c2ccccc2)c2ccccc2)CC1. The van der Waals surface area contributed by atoms with E-state index < -0.39 is 0 Å². The fourth-order valence-corrected chi connectivity index (χ4v) is 5.18. The van der Waals surface area contributed by atoms with E-state index in [1.165, 1.54) is 22.3 Å². The lowest BCUT2D eigenvalue weighted by molar-refractivity contribution is -0.128. The van der Waals surface area contributed by atoms with Crippen molar-refractivity contribution in [3.05, 3.63) is 119 Å². The van der Waals surface area contributed by atoms with Crippen LogP contribution in [0.2, 0.25) is 0 Å². The molecule has 0 aromatic heterocycles. The van der Waals surface area contributed by atoms with Crippen molar-refractivity contribution in [2.75, 3.05) is 32.7 Å². The van der Waals surface area contributed by atoms with E-state index in [2.05, 4.69) is 82.6 Å². The first-order chi connectivity index (χ1) is 17.2. The van der Waals surface area contributed by atoms with E-state index in [0.29, 0.717) is 13.1 Å². The number of piperazine rings is 1. The molecule has 0 N–H and O–H groups in total. The van der Waals surface area contributed by atoms with Gasteiger partial charge in [0.25, 0.3) is 5.91 Å². The lowest BCUT2D eigenvalue weighted by atomic mass is 9.96. The van der Waals surface area contributed by atoms with Crippen LogP contribution in [0.3, 0.4) is 0 Å². The Kier molecular flexibility index (Phi) is 6.92. The highest BCUT2D eigenvalue weighted by Crippen LogP contribution is 2.29. The van der Waals surface area contributed by atoms with Gasteiger partial charge in [-0.1, -0.05) is 84.9 Å². The molecule has 3 aromatic carbocycles. The minimum absolute atomic E-state index is 0.147. The Balaban J connectivity index is 1.27. The Morgan fingerprint density at radius 1 is 0.771 bits per heavy atom. The minimum Gasteiger partial charge on any atom is -0.371 e. The van der Waals surface area contributed by atoms with E-state index in [1.54, 1.807) is 6.20 Å². The first kappa shape index (κ1) is 22.9. The van der Waals surface area contributed by atoms with Gasteiger partial charge < -0.3 is 9.80 Å². The van der Waals surface area contributed by atoms with Gasteiger partial charge in [-0.05, 0) is 28.7 Å². The molecule has 5 heteroatoms. The summed E-state index contributed by atoms with van der Waals surface area (Å²) in [6.45, 7) is 4.29. The first-order valence-corrected chi connectivity index (χ1v) is 12.3. The summed E-state index contributed by atoms with van der Waals surface area (Å²) in [6.07, 6.45) is 2.69. The zero-order valence-electron chi connectivity index (χ0n) is 19.9. The third kappa shape index (κ3) is 5.13. The molecule has 5 nitrogen and oxygen atoms in total. The van der Waals surface area contributed by atoms with E-state index >= 15 is 0 Å². The van der Waals surface area contributed by atoms with Gasteiger partial charge in [-0.15, -0.1) is 0 Å². The van der Waals surface area contributed by atoms with Gasteiger partial charge in [0.2, 0.25) is 0 Å². The molecule has 0 spiro atoms. The van der Waals surface area contributed by atoms with Crippen LogP contribution in [0.5, 0.6) is 0 Å². The summed E-state index contributed by atoms with van der Waals surface area (Å²) in [5.74, 6) is -0.165. The van der Waals surface area contributed by atoms with Gasteiger partial charge in [-0.3, -0.25) is 9.69 Å². The van der Waals surface area contributed by atoms with Crippen molar-refractivity contribution in [2.24, 2.45) is 0 Å². The van der Waals surface area contributed by atoms with E-state index in [9.17, 15) is 10.1 Å². The van der Waals surface area contributed by atoms with E-state index in [-0.39, 0.29) is 17.5 Å². The molecule has 0 radical (unpaired) electrons. The number of amides is 1. The molecule has 3 aromatic rings. The summed E-state index contributed by atoms with van der Waals surface area (Å²) in [5.41, 5.74) is 5.34. The average Bonchev–Trinajstić information content (AvgIpc) is 2.93. The second-order valence-corrected chi connectivity index (χ2v) is 9.20. The molecule has 0 saturated carbocycles. The van der Waals surface area contributed by atoms with Crippen LogP contribution in [0.15, 0.2) is 96.7 Å². The zero-order chi connectivity index (χ0) is 24.0. The lowest BCUT2D eigenvalue weighted by Crippen LogP contribution is -2.50. The van der Waals surface area contributed by atoms with Crippen molar-refractivity contribution in [2.45, 2.75) is 19.0 Å². The fourth-order valence-electron chi connectivity index (χ4n) is 5.18. The Hall–Kier alpha value is -3.88. The van der Waals surface area contributed by atoms with Crippen LogP contribution >= 0.6 is 0 Å². The van der Waals surface area contributed by atoms with Crippen molar-refractivity contribution in [1.82, 2.24) is 14.7 Å². The second-order valence-electron chi connectivity index (χ2n) is 9.20.